The van der Waals surface area contributed by atoms with Crippen LogP contribution in [0.2, 0.25) is 0 Å². The molecule has 0 bridgehead atoms. The number of likely N-dealkylation sites (tertiary alicyclic amines) is 1. The van der Waals surface area contributed by atoms with E-state index in [2.05, 4.69) is 24.3 Å². The van der Waals surface area contributed by atoms with Crippen LogP contribution in [0.15, 0.2) is 83.5 Å². The van der Waals surface area contributed by atoms with E-state index in [9.17, 15) is 9.18 Å². The Labute approximate surface area is 211 Å². The summed E-state index contributed by atoms with van der Waals surface area (Å²) < 4.78 is 24.8. The molecule has 1 fully saturated rings. The lowest BCUT2D eigenvalue weighted by atomic mass is 9.90. The molecule has 1 aliphatic rings. The lowest BCUT2D eigenvalue weighted by Gasteiger charge is -2.31. The number of halogens is 1. The minimum Gasteiger partial charge on any atom is -0.496 e. The molecule has 1 saturated heterocycles. The molecular formula is C31H30FNO3. The number of amides is 1. The minimum atomic E-state index is -0.282. The van der Waals surface area contributed by atoms with Crippen LogP contribution in [0, 0.1) is 11.7 Å². The molecule has 1 aromatic heterocycles. The molecule has 36 heavy (non-hydrogen) atoms. The van der Waals surface area contributed by atoms with Crippen molar-refractivity contribution < 1.29 is 18.3 Å². The van der Waals surface area contributed by atoms with Gasteiger partial charge >= 0.3 is 0 Å². The highest BCUT2D eigenvalue weighted by Crippen LogP contribution is 2.37. The highest BCUT2D eigenvalue weighted by atomic mass is 19.1. The molecule has 0 atom stereocenters. The maximum absolute atomic E-state index is 13.4. The minimum absolute atomic E-state index is 0.0266. The van der Waals surface area contributed by atoms with Crippen LogP contribution >= 0.6 is 0 Å². The van der Waals surface area contributed by atoms with Gasteiger partial charge < -0.3 is 14.1 Å². The van der Waals surface area contributed by atoms with E-state index in [4.69, 9.17) is 9.15 Å². The topological polar surface area (TPSA) is 42.7 Å². The van der Waals surface area contributed by atoms with Gasteiger partial charge in [-0.3, -0.25) is 4.79 Å². The Morgan fingerprint density at radius 1 is 1.08 bits per heavy atom. The van der Waals surface area contributed by atoms with Crippen molar-refractivity contribution >= 4 is 22.4 Å². The number of benzene rings is 3. The Kier molecular flexibility index (Phi) is 6.90. The van der Waals surface area contributed by atoms with Gasteiger partial charge in [0.25, 0.3) is 0 Å². The van der Waals surface area contributed by atoms with Crippen LogP contribution in [0.4, 0.5) is 4.39 Å². The number of rotatable bonds is 6. The van der Waals surface area contributed by atoms with Crippen LogP contribution in [0.1, 0.15) is 30.9 Å². The molecule has 3 aromatic carbocycles. The van der Waals surface area contributed by atoms with Gasteiger partial charge in [0.1, 0.15) is 17.1 Å². The summed E-state index contributed by atoms with van der Waals surface area (Å²) in [4.78, 5) is 15.1. The first kappa shape index (κ1) is 23.9. The van der Waals surface area contributed by atoms with Crippen molar-refractivity contribution in [2.45, 2.75) is 26.2 Å². The van der Waals surface area contributed by atoms with Gasteiger partial charge in [0.05, 0.1) is 13.4 Å². The van der Waals surface area contributed by atoms with Crippen molar-refractivity contribution in [3.05, 3.63) is 96.0 Å². The summed E-state index contributed by atoms with van der Waals surface area (Å²) in [5.41, 5.74) is 5.43. The molecule has 184 valence electrons. The number of methoxy groups -OCH3 is 1. The van der Waals surface area contributed by atoms with Gasteiger partial charge in [-0.2, -0.15) is 0 Å². The van der Waals surface area contributed by atoms with E-state index in [1.54, 1.807) is 31.6 Å². The third kappa shape index (κ3) is 5.06. The Morgan fingerprint density at radius 2 is 1.81 bits per heavy atom. The normalized spacial score (nSPS) is 14.9. The molecule has 4 nitrogen and oxygen atoms in total. The molecule has 0 spiro atoms. The first-order valence-electron chi connectivity index (χ1n) is 12.4. The summed E-state index contributed by atoms with van der Waals surface area (Å²) in [6.45, 7) is 3.47. The van der Waals surface area contributed by atoms with Crippen molar-refractivity contribution in [2.75, 3.05) is 20.2 Å². The summed E-state index contributed by atoms with van der Waals surface area (Å²) in [5, 5.41) is 0.888. The van der Waals surface area contributed by atoms with Gasteiger partial charge in [0.2, 0.25) is 5.91 Å². The zero-order chi connectivity index (χ0) is 25.1. The maximum atomic E-state index is 13.4. The molecule has 1 amide bonds. The van der Waals surface area contributed by atoms with Crippen molar-refractivity contribution in [3.63, 3.8) is 0 Å². The SMILES string of the molecule is COc1cc2occ(-c3ccc(F)cc3)c2cc1/C(C)=C/C(=O)N1CCC(Cc2ccccc2)CC1. The summed E-state index contributed by atoms with van der Waals surface area (Å²) in [6, 6.07) is 20.7. The smallest absolute Gasteiger partial charge is 0.246 e. The molecule has 0 N–H and O–H groups in total. The van der Waals surface area contributed by atoms with Crippen LogP contribution in [0.25, 0.3) is 27.7 Å². The fourth-order valence-corrected chi connectivity index (χ4v) is 5.04. The van der Waals surface area contributed by atoms with E-state index < -0.39 is 0 Å². The van der Waals surface area contributed by atoms with Crippen molar-refractivity contribution in [1.82, 2.24) is 4.90 Å². The Balaban J connectivity index is 1.34. The Hall–Kier alpha value is -3.86. The standard InChI is InChI=1S/C31H30FNO3/c1-21(16-31(34)33-14-12-23(13-15-33)17-22-6-4-3-5-7-22)26-18-27-28(24-8-10-25(32)11-9-24)20-36-30(27)19-29(26)35-2/h3-11,16,18-20,23H,12-15,17H2,1-2H3/b21-16+. The summed E-state index contributed by atoms with van der Waals surface area (Å²) in [5.74, 6) is 0.995. The molecule has 0 unspecified atom stereocenters. The van der Waals surface area contributed by atoms with E-state index >= 15 is 0 Å². The zero-order valence-electron chi connectivity index (χ0n) is 20.7. The molecule has 0 saturated carbocycles. The summed E-state index contributed by atoms with van der Waals surface area (Å²) in [7, 11) is 1.61. The predicted octanol–water partition coefficient (Wildman–Crippen LogP) is 7.13. The van der Waals surface area contributed by atoms with E-state index in [1.165, 1.54) is 17.7 Å². The number of ether oxygens (including phenoxy) is 1. The highest BCUT2D eigenvalue weighted by molar-refractivity contribution is 6.00. The van der Waals surface area contributed by atoms with Gasteiger partial charge in [-0.15, -0.1) is 0 Å². The number of fused-ring (bicyclic) bond motifs is 1. The number of hydrogen-bond donors (Lipinski definition) is 0. The molecule has 4 aromatic rings. The van der Waals surface area contributed by atoms with Crippen molar-refractivity contribution in [1.29, 1.82) is 0 Å². The van der Waals surface area contributed by atoms with Crippen LogP contribution in [0.3, 0.4) is 0 Å². The lowest BCUT2D eigenvalue weighted by molar-refractivity contribution is -0.127. The monoisotopic (exact) mass is 483 g/mol. The van der Waals surface area contributed by atoms with Gasteiger partial charge in [-0.05, 0) is 67.0 Å². The van der Waals surface area contributed by atoms with E-state index in [-0.39, 0.29) is 11.7 Å². The predicted molar refractivity (Wildman–Crippen MR) is 141 cm³/mol. The van der Waals surface area contributed by atoms with Gasteiger partial charge in [0, 0.05) is 41.7 Å². The van der Waals surface area contributed by atoms with Gasteiger partial charge in [-0.1, -0.05) is 42.5 Å². The number of carbonyl (C=O) groups is 1. The lowest BCUT2D eigenvalue weighted by Crippen LogP contribution is -2.38. The molecule has 0 radical (unpaired) electrons. The number of hydrogen-bond acceptors (Lipinski definition) is 3. The second-order valence-electron chi connectivity index (χ2n) is 9.49. The highest BCUT2D eigenvalue weighted by Gasteiger charge is 2.23. The quantitative estimate of drug-likeness (QED) is 0.274. The molecule has 5 heteroatoms. The average Bonchev–Trinajstić information content (AvgIpc) is 3.32. The average molecular weight is 484 g/mol. The molecule has 5 rings (SSSR count). The van der Waals surface area contributed by atoms with Crippen LogP contribution < -0.4 is 4.74 Å². The van der Waals surface area contributed by atoms with Gasteiger partial charge in [0.15, 0.2) is 0 Å². The summed E-state index contributed by atoms with van der Waals surface area (Å²) >= 11 is 0. The van der Waals surface area contributed by atoms with Crippen LogP contribution in [-0.4, -0.2) is 31.0 Å². The van der Waals surface area contributed by atoms with Crippen LogP contribution in [-0.2, 0) is 11.2 Å². The van der Waals surface area contributed by atoms with E-state index in [0.29, 0.717) is 17.3 Å². The molecule has 1 aliphatic heterocycles. The number of nitrogens with zero attached hydrogens (tertiary/aromatic N) is 1. The van der Waals surface area contributed by atoms with Crippen molar-refractivity contribution in [2.24, 2.45) is 5.92 Å². The Bertz CT molecular complexity index is 1380. The van der Waals surface area contributed by atoms with E-state index in [1.807, 2.05) is 30.0 Å². The fraction of sp³-hybridized carbons (Fsp3) is 0.258. The number of carbonyl (C=O) groups excluding carboxylic acids is 1. The van der Waals surface area contributed by atoms with Gasteiger partial charge in [-0.25, -0.2) is 4.39 Å². The largest absolute Gasteiger partial charge is 0.496 e. The number of allylic oxidation sites excluding steroid dienone is 1. The Morgan fingerprint density at radius 3 is 2.50 bits per heavy atom. The zero-order valence-corrected chi connectivity index (χ0v) is 20.7. The maximum Gasteiger partial charge on any atom is 0.246 e. The fourth-order valence-electron chi connectivity index (χ4n) is 5.04. The molecule has 2 heterocycles. The number of piperidine rings is 1. The van der Waals surface area contributed by atoms with E-state index in [0.717, 1.165) is 60.0 Å². The first-order valence-corrected chi connectivity index (χ1v) is 12.4. The second-order valence-corrected chi connectivity index (χ2v) is 9.49. The number of furan rings is 1. The van der Waals surface area contributed by atoms with Crippen molar-refractivity contribution in [3.8, 4) is 16.9 Å². The molecule has 0 aliphatic carbocycles. The second kappa shape index (κ2) is 10.4. The van der Waals surface area contributed by atoms with Crippen LogP contribution in [0.5, 0.6) is 5.75 Å². The summed E-state index contributed by atoms with van der Waals surface area (Å²) in [6.07, 6.45) is 6.47. The third-order valence-corrected chi connectivity index (χ3v) is 7.11. The first-order chi connectivity index (χ1) is 17.5. The third-order valence-electron chi connectivity index (χ3n) is 7.11. The molecular weight excluding hydrogens is 453 g/mol.